The number of nitrogens with one attached hydrogen (secondary N) is 1. The van der Waals surface area contributed by atoms with Crippen LogP contribution in [0.4, 0.5) is 9.18 Å². The van der Waals surface area contributed by atoms with Gasteiger partial charge in [-0.15, -0.1) is 0 Å². The lowest BCUT2D eigenvalue weighted by Gasteiger charge is -2.38. The first kappa shape index (κ1) is 39.4. The number of hydrogen-bond acceptors (Lipinski definition) is 5. The number of likely N-dealkylation sites (tertiary alicyclic amines) is 1. The van der Waals surface area contributed by atoms with Crippen molar-refractivity contribution in [3.8, 4) is 5.75 Å². The zero-order valence-corrected chi connectivity index (χ0v) is 31.8. The van der Waals surface area contributed by atoms with E-state index in [1.165, 1.54) is 0 Å². The summed E-state index contributed by atoms with van der Waals surface area (Å²) < 4.78 is 18.8. The van der Waals surface area contributed by atoms with E-state index in [-0.39, 0.29) is 35.7 Å². The van der Waals surface area contributed by atoms with Crippen LogP contribution in [0.5, 0.6) is 5.75 Å². The van der Waals surface area contributed by atoms with E-state index in [0.29, 0.717) is 85.5 Å². The molecule has 2 aromatic rings. The summed E-state index contributed by atoms with van der Waals surface area (Å²) in [5.74, 6) is 1.16. The summed E-state index contributed by atoms with van der Waals surface area (Å²) in [5, 5.41) is 4.10. The van der Waals surface area contributed by atoms with Gasteiger partial charge in [-0.3, -0.25) is 24.1 Å². The van der Waals surface area contributed by atoms with E-state index in [2.05, 4.69) is 46.0 Å². The van der Waals surface area contributed by atoms with Gasteiger partial charge in [-0.2, -0.15) is 0 Å². The van der Waals surface area contributed by atoms with E-state index >= 15 is 0 Å². The Labute approximate surface area is 307 Å². The number of alkyl halides is 1. The van der Waals surface area contributed by atoms with Gasteiger partial charge in [-0.05, 0) is 76.1 Å². The predicted octanol–water partition coefficient (Wildman–Crippen LogP) is 8.86. The third-order valence-electron chi connectivity index (χ3n) is 9.26. The molecule has 0 spiro atoms. The van der Waals surface area contributed by atoms with Crippen LogP contribution in [-0.4, -0.2) is 71.0 Å². The van der Waals surface area contributed by atoms with Crippen LogP contribution in [0.2, 0.25) is 5.02 Å². The van der Waals surface area contributed by atoms with Gasteiger partial charge in [0.05, 0.1) is 30.9 Å². The number of hydrogen-bond donors (Lipinski definition) is 1. The Hall–Kier alpha value is -3.43. The van der Waals surface area contributed by atoms with Crippen molar-refractivity contribution >= 4 is 41.0 Å². The molecule has 1 aromatic carbocycles. The van der Waals surface area contributed by atoms with Crippen LogP contribution in [0.3, 0.4) is 0 Å². The number of piperidine rings is 1. The maximum absolute atomic E-state index is 14.8. The molecule has 2 aliphatic rings. The average Bonchev–Trinajstić information content (AvgIpc) is 3.07. The van der Waals surface area contributed by atoms with Crippen LogP contribution in [0.15, 0.2) is 64.8 Å². The van der Waals surface area contributed by atoms with Crippen molar-refractivity contribution in [2.45, 2.75) is 91.1 Å². The van der Waals surface area contributed by atoms with Gasteiger partial charge in [0.15, 0.2) is 0 Å². The fraction of sp³-hybridized carbons (Fsp3) is 0.538. The number of rotatable bonds is 12. The summed E-state index contributed by atoms with van der Waals surface area (Å²) in [6, 6.07) is 9.24. The van der Waals surface area contributed by atoms with Gasteiger partial charge < -0.3 is 15.0 Å². The first-order valence-electron chi connectivity index (χ1n) is 17.6. The molecule has 1 atom stereocenters. The van der Waals surface area contributed by atoms with E-state index in [1.54, 1.807) is 11.1 Å². The lowest BCUT2D eigenvalue weighted by Crippen LogP contribution is -2.50. The molecule has 4 rings (SSSR count). The SMILES string of the molecule is CCOc1cc(C(C)(C)C)ncc1C(=NC(C)(C)C1C=CC(Cl)=CC1)N(Cc1ccc(Cl)cc1)C(=O)N1CCC(CC(=O)NCCCF)CC1. The maximum Gasteiger partial charge on any atom is 0.325 e. The monoisotopic (exact) mass is 727 g/mol. The number of allylic oxidation sites excluding steroid dienone is 3. The molecule has 1 aliphatic heterocycles. The lowest BCUT2D eigenvalue weighted by molar-refractivity contribution is -0.122. The Morgan fingerprint density at radius 3 is 2.42 bits per heavy atom. The molecule has 50 heavy (non-hydrogen) atoms. The summed E-state index contributed by atoms with van der Waals surface area (Å²) in [6.45, 7) is 13.9. The highest BCUT2D eigenvalue weighted by Gasteiger charge is 2.35. The molecule has 0 bridgehead atoms. The van der Waals surface area contributed by atoms with Crippen LogP contribution in [-0.2, 0) is 16.8 Å². The summed E-state index contributed by atoms with van der Waals surface area (Å²) in [7, 11) is 0. The number of benzene rings is 1. The van der Waals surface area contributed by atoms with Gasteiger partial charge in [0.2, 0.25) is 5.91 Å². The molecule has 1 aromatic heterocycles. The zero-order valence-electron chi connectivity index (χ0n) is 30.3. The number of ether oxygens (including phenoxy) is 1. The molecule has 3 amide bonds. The highest BCUT2D eigenvalue weighted by atomic mass is 35.5. The van der Waals surface area contributed by atoms with Crippen molar-refractivity contribution in [1.29, 1.82) is 0 Å². The summed E-state index contributed by atoms with van der Waals surface area (Å²) in [4.78, 5) is 41.2. The van der Waals surface area contributed by atoms with Crippen molar-refractivity contribution in [2.75, 3.05) is 32.9 Å². The number of carbonyl (C=O) groups is 2. The van der Waals surface area contributed by atoms with Crippen molar-refractivity contribution < 1.29 is 18.7 Å². The number of aliphatic imine (C=N–C) groups is 1. The molecule has 1 unspecified atom stereocenters. The second-order valence-electron chi connectivity index (χ2n) is 14.7. The Bertz CT molecular complexity index is 1560. The summed E-state index contributed by atoms with van der Waals surface area (Å²) in [6.07, 6.45) is 10.5. The third kappa shape index (κ3) is 10.8. The molecular formula is C39H52Cl2FN5O3. The Morgan fingerprint density at radius 1 is 1.12 bits per heavy atom. The van der Waals surface area contributed by atoms with E-state index in [9.17, 15) is 14.0 Å². The minimum Gasteiger partial charge on any atom is -0.493 e. The quantitative estimate of drug-likeness (QED) is 0.134. The van der Waals surface area contributed by atoms with Gasteiger partial charge in [-0.1, -0.05) is 68.3 Å². The third-order valence-corrected chi connectivity index (χ3v) is 9.80. The molecule has 272 valence electrons. The number of urea groups is 1. The van der Waals surface area contributed by atoms with Crippen LogP contribution in [0.1, 0.15) is 90.5 Å². The number of amidine groups is 1. The fourth-order valence-electron chi connectivity index (χ4n) is 6.16. The van der Waals surface area contributed by atoms with Gasteiger partial charge >= 0.3 is 6.03 Å². The first-order chi connectivity index (χ1) is 23.7. The standard InChI is InChI=1S/C39H52Cl2FN5O3/c1-7-50-33-24-34(38(2,3)4)44-25-32(33)36(45-39(5,6)29-11-15-31(41)16-12-29)47(26-28-9-13-30(40)14-10-28)37(49)46-21-17-27(18-22-46)23-35(48)43-20-8-19-42/h9-11,13-16,24-25,27,29H,7-8,12,17-23,26H2,1-6H3,(H,43,48). The number of aromatic nitrogens is 1. The van der Waals surface area contributed by atoms with E-state index in [0.717, 1.165) is 11.3 Å². The minimum absolute atomic E-state index is 0.0247. The number of nitrogens with zero attached hydrogens (tertiary/aromatic N) is 4. The number of halogens is 3. The number of carbonyl (C=O) groups excluding carboxylic acids is 2. The fourth-order valence-corrected chi connectivity index (χ4v) is 6.45. The molecule has 1 fully saturated rings. The smallest absolute Gasteiger partial charge is 0.325 e. The van der Waals surface area contributed by atoms with Gasteiger partial charge in [0.1, 0.15) is 11.6 Å². The van der Waals surface area contributed by atoms with Crippen LogP contribution in [0.25, 0.3) is 0 Å². The lowest BCUT2D eigenvalue weighted by atomic mass is 9.83. The van der Waals surface area contributed by atoms with Crippen LogP contribution in [0, 0.1) is 11.8 Å². The van der Waals surface area contributed by atoms with E-state index < -0.39 is 12.2 Å². The molecule has 1 aliphatic carbocycles. The Morgan fingerprint density at radius 2 is 1.82 bits per heavy atom. The highest BCUT2D eigenvalue weighted by Crippen LogP contribution is 2.35. The largest absolute Gasteiger partial charge is 0.493 e. The maximum atomic E-state index is 14.8. The molecule has 1 N–H and O–H groups in total. The van der Waals surface area contributed by atoms with E-state index in [1.807, 2.05) is 54.3 Å². The zero-order chi connectivity index (χ0) is 36.5. The van der Waals surface area contributed by atoms with Crippen molar-refractivity contribution in [1.82, 2.24) is 20.1 Å². The predicted molar refractivity (Wildman–Crippen MR) is 201 cm³/mol. The summed E-state index contributed by atoms with van der Waals surface area (Å²) in [5.41, 5.74) is 1.51. The first-order valence-corrected chi connectivity index (χ1v) is 18.4. The normalized spacial score (nSPS) is 17.4. The van der Waals surface area contributed by atoms with Gasteiger partial charge in [-0.25, -0.2) is 4.79 Å². The molecule has 0 saturated carbocycles. The minimum atomic E-state index is -0.646. The van der Waals surface area contributed by atoms with Crippen LogP contribution >= 0.6 is 23.2 Å². The van der Waals surface area contributed by atoms with Crippen molar-refractivity contribution in [3.05, 3.63) is 81.6 Å². The highest BCUT2D eigenvalue weighted by molar-refractivity contribution is 6.31. The van der Waals surface area contributed by atoms with E-state index in [4.69, 9.17) is 37.9 Å². The molecule has 8 nitrogen and oxygen atoms in total. The second-order valence-corrected chi connectivity index (χ2v) is 15.5. The van der Waals surface area contributed by atoms with Crippen molar-refractivity contribution in [2.24, 2.45) is 16.8 Å². The molecular weight excluding hydrogens is 676 g/mol. The molecule has 11 heteroatoms. The van der Waals surface area contributed by atoms with Gasteiger partial charge in [0, 0.05) is 65.4 Å². The number of pyridine rings is 1. The van der Waals surface area contributed by atoms with Gasteiger partial charge in [0.25, 0.3) is 0 Å². The summed E-state index contributed by atoms with van der Waals surface area (Å²) >= 11 is 12.6. The number of amides is 3. The molecule has 0 radical (unpaired) electrons. The Balaban J connectivity index is 1.77. The molecule has 1 saturated heterocycles. The van der Waals surface area contributed by atoms with Crippen molar-refractivity contribution in [3.63, 3.8) is 0 Å². The topological polar surface area (TPSA) is 87.1 Å². The second kappa shape index (κ2) is 17.7. The molecule has 2 heterocycles. The van der Waals surface area contributed by atoms with Crippen LogP contribution < -0.4 is 10.1 Å². The average molecular weight is 729 g/mol. The Kier molecular flexibility index (Phi) is 13.9.